The summed E-state index contributed by atoms with van der Waals surface area (Å²) in [4.78, 5) is 40.8. The van der Waals surface area contributed by atoms with Gasteiger partial charge in [0.25, 0.3) is 0 Å². The van der Waals surface area contributed by atoms with E-state index in [2.05, 4.69) is 5.32 Å². The molecule has 1 aromatic carbocycles. The monoisotopic (exact) mass is 463 g/mol. The summed E-state index contributed by atoms with van der Waals surface area (Å²) in [6, 6.07) is 2.52. The lowest BCUT2D eigenvalue weighted by Crippen LogP contribution is -2.60. The number of rotatable bonds is 9. The maximum absolute atomic E-state index is 12.6. The van der Waals surface area contributed by atoms with Crippen LogP contribution < -0.4 is 14.8 Å². The van der Waals surface area contributed by atoms with Gasteiger partial charge in [0, 0.05) is 44.2 Å². The van der Waals surface area contributed by atoms with Gasteiger partial charge >= 0.3 is 5.97 Å². The summed E-state index contributed by atoms with van der Waals surface area (Å²) < 4.78 is 15.9. The van der Waals surface area contributed by atoms with Gasteiger partial charge in [0.05, 0.1) is 12.3 Å². The van der Waals surface area contributed by atoms with E-state index in [4.69, 9.17) is 14.2 Å². The van der Waals surface area contributed by atoms with Crippen molar-refractivity contribution in [1.82, 2.24) is 9.80 Å². The van der Waals surface area contributed by atoms with E-state index in [1.165, 1.54) is 6.92 Å². The molecule has 2 aliphatic rings. The third-order valence-electron chi connectivity index (χ3n) is 5.61. The average molecular weight is 464 g/mol. The number of anilines is 1. The number of fused-ring (bicyclic) bond motifs is 1. The van der Waals surface area contributed by atoms with E-state index >= 15 is 0 Å². The molecular weight excluding hydrogens is 430 g/mol. The van der Waals surface area contributed by atoms with Crippen molar-refractivity contribution in [3.8, 4) is 11.5 Å². The summed E-state index contributed by atoms with van der Waals surface area (Å²) in [7, 11) is 0. The van der Waals surface area contributed by atoms with Crippen molar-refractivity contribution in [1.29, 1.82) is 0 Å². The summed E-state index contributed by atoms with van der Waals surface area (Å²) in [5, 5.41) is 13.7. The number of piperazine rings is 1. The lowest BCUT2D eigenvalue weighted by atomic mass is 10.1. The number of esters is 1. The van der Waals surface area contributed by atoms with Crippen LogP contribution in [0.15, 0.2) is 12.1 Å². The van der Waals surface area contributed by atoms with E-state index in [1.54, 1.807) is 28.9 Å². The zero-order chi connectivity index (χ0) is 24.1. The van der Waals surface area contributed by atoms with Crippen LogP contribution in [0.4, 0.5) is 5.69 Å². The number of carbonyl (C=O) groups excluding carboxylic acids is 3. The zero-order valence-electron chi connectivity index (χ0n) is 19.6. The van der Waals surface area contributed by atoms with Gasteiger partial charge in [-0.3, -0.25) is 19.3 Å². The Morgan fingerprint density at radius 2 is 1.91 bits per heavy atom. The van der Waals surface area contributed by atoms with Crippen molar-refractivity contribution in [2.24, 2.45) is 5.92 Å². The molecule has 182 valence electrons. The molecule has 1 saturated heterocycles. The molecule has 1 amide bonds. The first-order valence-corrected chi connectivity index (χ1v) is 11.3. The molecule has 0 saturated carbocycles. The molecule has 1 fully saturated rings. The second-order valence-corrected chi connectivity index (χ2v) is 8.67. The Kier molecular flexibility index (Phi) is 8.15. The predicted octanol–water partition coefficient (Wildman–Crippen LogP) is 1.47. The molecule has 2 unspecified atom stereocenters. The number of hydrogen-bond acceptors (Lipinski definition) is 9. The third-order valence-corrected chi connectivity index (χ3v) is 5.61. The van der Waals surface area contributed by atoms with Gasteiger partial charge in [0.15, 0.2) is 17.3 Å². The van der Waals surface area contributed by atoms with Gasteiger partial charge in [-0.25, -0.2) is 0 Å². The number of ether oxygens (including phenoxy) is 3. The summed E-state index contributed by atoms with van der Waals surface area (Å²) in [6.07, 6.45) is -0.671. The van der Waals surface area contributed by atoms with Crippen LogP contribution in [0.2, 0.25) is 0 Å². The molecule has 2 N–H and O–H groups in total. The van der Waals surface area contributed by atoms with E-state index in [1.807, 2.05) is 13.8 Å². The number of nitrogens with zero attached hydrogens (tertiary/aromatic N) is 2. The number of aliphatic hydroxyl groups is 1. The molecule has 0 aliphatic carbocycles. The number of amides is 1. The van der Waals surface area contributed by atoms with Crippen molar-refractivity contribution in [2.45, 2.75) is 46.4 Å². The molecule has 10 heteroatoms. The Morgan fingerprint density at radius 3 is 2.55 bits per heavy atom. The fourth-order valence-electron chi connectivity index (χ4n) is 4.01. The number of benzene rings is 1. The maximum Gasteiger partial charge on any atom is 0.325 e. The summed E-state index contributed by atoms with van der Waals surface area (Å²) in [6.45, 7) is 8.58. The van der Waals surface area contributed by atoms with Crippen molar-refractivity contribution in [2.75, 3.05) is 44.9 Å². The molecule has 2 aliphatic heterocycles. The van der Waals surface area contributed by atoms with Gasteiger partial charge in [-0.2, -0.15) is 0 Å². The first kappa shape index (κ1) is 24.8. The molecule has 1 aromatic rings. The standard InChI is InChI=1S/C23H33N3O7/c1-5-31-23(30)18-11-26(22(29)8-14(2)3)7-6-25(18)12-21(28)24-17-10-20-19(32-13-33-20)9-16(17)15(4)27/h9-10,14,18,21,24,28H,5-8,11-13H2,1-4H3. The molecule has 2 heterocycles. The number of carbonyl (C=O) groups is 3. The van der Waals surface area contributed by atoms with Crippen LogP contribution in [-0.2, 0) is 14.3 Å². The van der Waals surface area contributed by atoms with Gasteiger partial charge in [-0.1, -0.05) is 13.8 Å². The molecule has 3 rings (SSSR count). The number of aliphatic hydroxyl groups excluding tert-OH is 1. The van der Waals surface area contributed by atoms with Crippen LogP contribution in [0, 0.1) is 5.92 Å². The van der Waals surface area contributed by atoms with Crippen molar-refractivity contribution >= 4 is 23.3 Å². The molecule has 0 bridgehead atoms. The predicted molar refractivity (Wildman–Crippen MR) is 120 cm³/mol. The highest BCUT2D eigenvalue weighted by Gasteiger charge is 2.36. The fourth-order valence-corrected chi connectivity index (χ4v) is 4.01. The minimum Gasteiger partial charge on any atom is -0.465 e. The Hall–Kier alpha value is -2.85. The van der Waals surface area contributed by atoms with Crippen molar-refractivity contribution < 1.29 is 33.7 Å². The van der Waals surface area contributed by atoms with Crippen molar-refractivity contribution in [3.63, 3.8) is 0 Å². The second-order valence-electron chi connectivity index (χ2n) is 8.67. The Bertz CT molecular complexity index is 889. The van der Waals surface area contributed by atoms with Gasteiger partial charge in [0.1, 0.15) is 12.3 Å². The van der Waals surface area contributed by atoms with Crippen LogP contribution in [0.3, 0.4) is 0 Å². The topological polar surface area (TPSA) is 118 Å². The molecule has 2 atom stereocenters. The molecule has 0 radical (unpaired) electrons. The molecule has 0 spiro atoms. The van der Waals surface area contributed by atoms with E-state index < -0.39 is 18.2 Å². The van der Waals surface area contributed by atoms with Gasteiger partial charge in [-0.15, -0.1) is 0 Å². The smallest absolute Gasteiger partial charge is 0.325 e. The second kappa shape index (κ2) is 10.8. The average Bonchev–Trinajstić information content (AvgIpc) is 3.20. The number of Topliss-reactive ketones (excluding diaryl/α,β-unsaturated/α-hetero) is 1. The first-order valence-electron chi connectivity index (χ1n) is 11.3. The highest BCUT2D eigenvalue weighted by molar-refractivity contribution is 6.00. The Morgan fingerprint density at radius 1 is 1.21 bits per heavy atom. The highest BCUT2D eigenvalue weighted by atomic mass is 16.7. The molecule has 33 heavy (non-hydrogen) atoms. The summed E-state index contributed by atoms with van der Waals surface area (Å²) in [5.74, 6) is 0.564. The van der Waals surface area contributed by atoms with Gasteiger partial charge < -0.3 is 29.5 Å². The van der Waals surface area contributed by atoms with Crippen LogP contribution in [0.1, 0.15) is 44.5 Å². The van der Waals surface area contributed by atoms with E-state index in [9.17, 15) is 19.5 Å². The number of β-amino-alcohol motifs (C(OH)–C–C–N with tert-alkyl or cyclic N) is 1. The molecule has 0 aromatic heterocycles. The Labute approximate surface area is 193 Å². The lowest BCUT2D eigenvalue weighted by Gasteiger charge is -2.41. The van der Waals surface area contributed by atoms with Gasteiger partial charge in [-0.05, 0) is 25.8 Å². The van der Waals surface area contributed by atoms with Crippen LogP contribution in [0.25, 0.3) is 0 Å². The van der Waals surface area contributed by atoms with E-state index in [0.717, 1.165) is 0 Å². The lowest BCUT2D eigenvalue weighted by molar-refractivity contribution is -0.154. The SMILES string of the molecule is CCOC(=O)C1CN(C(=O)CC(C)C)CCN1CC(O)Nc1cc2c(cc1C(C)=O)OCO2. The third kappa shape index (κ3) is 6.14. The quantitative estimate of drug-likeness (QED) is 0.319. The minimum absolute atomic E-state index is 0.00378. The maximum atomic E-state index is 12.6. The highest BCUT2D eigenvalue weighted by Crippen LogP contribution is 2.37. The first-order chi connectivity index (χ1) is 15.7. The fraction of sp³-hybridized carbons (Fsp3) is 0.609. The van der Waals surface area contributed by atoms with Crippen molar-refractivity contribution in [3.05, 3.63) is 17.7 Å². The Balaban J connectivity index is 1.71. The van der Waals surface area contributed by atoms with E-state index in [-0.39, 0.29) is 44.1 Å². The van der Waals surface area contributed by atoms with Crippen LogP contribution >= 0.6 is 0 Å². The van der Waals surface area contributed by atoms with Gasteiger partial charge in [0.2, 0.25) is 12.7 Å². The number of ketones is 1. The largest absolute Gasteiger partial charge is 0.465 e. The summed E-state index contributed by atoms with van der Waals surface area (Å²) in [5.41, 5.74) is 0.780. The molecule has 10 nitrogen and oxygen atoms in total. The van der Waals surface area contributed by atoms with E-state index in [0.29, 0.717) is 42.3 Å². The zero-order valence-corrected chi connectivity index (χ0v) is 19.6. The number of nitrogens with one attached hydrogen (secondary N) is 1. The van der Waals surface area contributed by atoms with Crippen LogP contribution in [0.5, 0.6) is 11.5 Å². The van der Waals surface area contributed by atoms with Crippen LogP contribution in [-0.4, -0.2) is 84.4 Å². The minimum atomic E-state index is -1.08. The summed E-state index contributed by atoms with van der Waals surface area (Å²) >= 11 is 0. The molecular formula is C23H33N3O7. The normalized spacial score (nSPS) is 18.8. The number of hydrogen-bond donors (Lipinski definition) is 2.